The lowest BCUT2D eigenvalue weighted by Crippen LogP contribution is -2.44. The normalized spacial score (nSPS) is 21.7. The molecule has 0 radical (unpaired) electrons. The third-order valence-corrected chi connectivity index (χ3v) is 7.25. The molecule has 1 N–H and O–H groups in total. The average Bonchev–Trinajstić information content (AvgIpc) is 2.72. The van der Waals surface area contributed by atoms with E-state index >= 15 is 0 Å². The minimum absolute atomic E-state index is 0.0221. The fraction of sp³-hybridized carbons (Fsp3) is 0.556. The summed E-state index contributed by atoms with van der Waals surface area (Å²) in [4.78, 5) is 40.6. The number of nitrogens with zero attached hydrogens (tertiary/aromatic N) is 2. The molecule has 1 aromatic carbocycles. The molecule has 0 unspecified atom stereocenters. The fourth-order valence-corrected chi connectivity index (χ4v) is 5.95. The Labute approximate surface area is 205 Å². The highest BCUT2D eigenvalue weighted by atomic mass is 16.6. The van der Waals surface area contributed by atoms with Crippen LogP contribution in [0.15, 0.2) is 34.7 Å². The second-order valence-corrected chi connectivity index (χ2v) is 11.4. The van der Waals surface area contributed by atoms with Crippen LogP contribution in [0.5, 0.6) is 11.5 Å². The molecule has 188 valence electrons. The Morgan fingerprint density at radius 2 is 1.51 bits per heavy atom. The molecule has 8 nitrogen and oxygen atoms in total. The third-order valence-electron chi connectivity index (χ3n) is 7.25. The lowest BCUT2D eigenvalue weighted by molar-refractivity contribution is -0.386. The minimum Gasteiger partial charge on any atom is -0.500 e. The largest absolute Gasteiger partial charge is 0.500 e. The maximum absolute atomic E-state index is 13.7. The summed E-state index contributed by atoms with van der Waals surface area (Å²) in [5, 5.41) is 22.3. The number of ketones is 2. The van der Waals surface area contributed by atoms with Gasteiger partial charge in [-0.3, -0.25) is 19.7 Å². The summed E-state index contributed by atoms with van der Waals surface area (Å²) in [6, 6.07) is 2.84. The van der Waals surface area contributed by atoms with Gasteiger partial charge in [0.2, 0.25) is 5.75 Å². The Balaban J connectivity index is 2.05. The average molecular weight is 483 g/mol. The first kappa shape index (κ1) is 24.9. The van der Waals surface area contributed by atoms with Gasteiger partial charge in [-0.1, -0.05) is 27.7 Å². The summed E-state index contributed by atoms with van der Waals surface area (Å²) in [6.45, 7) is 12.8. The molecule has 0 aromatic heterocycles. The first-order chi connectivity index (χ1) is 16.3. The van der Waals surface area contributed by atoms with Crippen molar-refractivity contribution in [1.82, 2.24) is 4.90 Å². The van der Waals surface area contributed by atoms with Gasteiger partial charge in [-0.15, -0.1) is 0 Å². The molecule has 1 aromatic rings. The lowest BCUT2D eigenvalue weighted by atomic mass is 9.63. The number of hydrogen-bond acceptors (Lipinski definition) is 7. The molecule has 0 saturated heterocycles. The number of aromatic hydroxyl groups is 1. The van der Waals surface area contributed by atoms with Gasteiger partial charge in [-0.05, 0) is 49.1 Å². The molecule has 8 heteroatoms. The van der Waals surface area contributed by atoms with Crippen LogP contribution in [0.3, 0.4) is 0 Å². The summed E-state index contributed by atoms with van der Waals surface area (Å²) in [6.07, 6.45) is 2.01. The number of nitro benzene ring substituents is 1. The van der Waals surface area contributed by atoms with Crippen molar-refractivity contribution in [2.45, 2.75) is 73.1 Å². The number of benzene rings is 1. The molecule has 0 bridgehead atoms. The highest BCUT2D eigenvalue weighted by Gasteiger charge is 2.49. The molecule has 0 saturated carbocycles. The number of ether oxygens (including phenoxy) is 1. The lowest BCUT2D eigenvalue weighted by Gasteiger charge is -2.48. The van der Waals surface area contributed by atoms with Gasteiger partial charge in [0.15, 0.2) is 17.3 Å². The third kappa shape index (κ3) is 4.23. The quantitative estimate of drug-likeness (QED) is 0.442. The maximum Gasteiger partial charge on any atom is 0.314 e. The predicted octanol–water partition coefficient (Wildman–Crippen LogP) is 5.40. The van der Waals surface area contributed by atoms with Gasteiger partial charge in [0, 0.05) is 53.9 Å². The van der Waals surface area contributed by atoms with Crippen molar-refractivity contribution >= 4 is 17.3 Å². The van der Waals surface area contributed by atoms with Crippen LogP contribution in [0.4, 0.5) is 5.69 Å². The van der Waals surface area contributed by atoms with E-state index in [-0.39, 0.29) is 34.8 Å². The van der Waals surface area contributed by atoms with Crippen molar-refractivity contribution in [2.24, 2.45) is 10.8 Å². The zero-order valence-electron chi connectivity index (χ0n) is 21.4. The smallest absolute Gasteiger partial charge is 0.314 e. The van der Waals surface area contributed by atoms with Gasteiger partial charge in [0.25, 0.3) is 0 Å². The van der Waals surface area contributed by atoms with Crippen molar-refractivity contribution in [3.63, 3.8) is 0 Å². The summed E-state index contributed by atoms with van der Waals surface area (Å²) < 4.78 is 5.53. The topological polar surface area (TPSA) is 110 Å². The first-order valence-corrected chi connectivity index (χ1v) is 12.2. The van der Waals surface area contributed by atoms with Crippen molar-refractivity contribution in [3.8, 4) is 11.5 Å². The Hall–Kier alpha value is -3.16. The van der Waals surface area contributed by atoms with Crippen molar-refractivity contribution < 1.29 is 24.4 Å². The number of allylic oxidation sites excluding steroid dienone is 4. The van der Waals surface area contributed by atoms with Gasteiger partial charge in [-0.25, -0.2) is 0 Å². The van der Waals surface area contributed by atoms with Crippen molar-refractivity contribution in [1.29, 1.82) is 0 Å². The van der Waals surface area contributed by atoms with Crippen LogP contribution in [-0.4, -0.2) is 39.6 Å². The van der Waals surface area contributed by atoms with Crippen LogP contribution in [0, 0.1) is 20.9 Å². The van der Waals surface area contributed by atoms with Gasteiger partial charge in [0.1, 0.15) is 0 Å². The number of Topliss-reactive ketones (excluding diaryl/α,β-unsaturated/α-hetero) is 2. The molecule has 2 aliphatic carbocycles. The van der Waals surface area contributed by atoms with Crippen molar-refractivity contribution in [3.05, 3.63) is 50.4 Å². The molecule has 0 spiro atoms. The summed E-state index contributed by atoms with van der Waals surface area (Å²) >= 11 is 0. The van der Waals surface area contributed by atoms with Crippen LogP contribution >= 0.6 is 0 Å². The molecule has 35 heavy (non-hydrogen) atoms. The van der Waals surface area contributed by atoms with Gasteiger partial charge >= 0.3 is 5.69 Å². The predicted molar refractivity (Wildman–Crippen MR) is 131 cm³/mol. The Bertz CT molecular complexity index is 1140. The van der Waals surface area contributed by atoms with E-state index in [4.69, 9.17) is 4.74 Å². The fourth-order valence-electron chi connectivity index (χ4n) is 5.95. The minimum atomic E-state index is -0.728. The molecule has 3 aliphatic rings. The standard InChI is InChI=1S/C27H34N2O6/c1-7-28-17-11-26(3,4)13-19(30)23(17)22(24-18(28)12-27(5,6)14-20(24)31)15-9-16(29(33)34)25(32)21(10-15)35-8-2/h9-10,22,32H,7-8,11-14H2,1-6H3. The second-order valence-electron chi connectivity index (χ2n) is 11.4. The van der Waals surface area contributed by atoms with E-state index in [0.29, 0.717) is 48.9 Å². The van der Waals surface area contributed by atoms with E-state index < -0.39 is 22.3 Å². The van der Waals surface area contributed by atoms with Crippen LogP contribution in [0.2, 0.25) is 0 Å². The number of phenolic OH excluding ortho intramolecular Hbond substituents is 1. The number of carbonyl (C=O) groups is 2. The monoisotopic (exact) mass is 482 g/mol. The molecular formula is C27H34N2O6. The Morgan fingerprint density at radius 1 is 1.00 bits per heavy atom. The zero-order chi connectivity index (χ0) is 25.9. The maximum atomic E-state index is 13.7. The van der Waals surface area contributed by atoms with Crippen LogP contribution in [-0.2, 0) is 9.59 Å². The number of nitro groups is 1. The number of rotatable bonds is 5. The van der Waals surface area contributed by atoms with E-state index in [1.807, 2.05) is 6.92 Å². The Morgan fingerprint density at radius 3 is 1.94 bits per heavy atom. The summed E-state index contributed by atoms with van der Waals surface area (Å²) in [5.41, 5.74) is 2.33. The van der Waals surface area contributed by atoms with Crippen LogP contribution in [0.1, 0.15) is 78.7 Å². The van der Waals surface area contributed by atoms with Gasteiger partial charge < -0.3 is 14.7 Å². The SMILES string of the molecule is CCOc1cc(C2C3=C(CC(C)(C)CC3=O)N(CC)C3=C2C(=O)CC(C)(C)C3)cc([N+](=O)[O-])c1O. The van der Waals surface area contributed by atoms with E-state index in [1.54, 1.807) is 13.0 Å². The number of hydrogen-bond donors (Lipinski definition) is 1. The highest BCUT2D eigenvalue weighted by molar-refractivity contribution is 6.07. The highest BCUT2D eigenvalue weighted by Crippen LogP contribution is 2.55. The molecule has 0 fully saturated rings. The summed E-state index contributed by atoms with van der Waals surface area (Å²) in [5.74, 6) is -1.39. The Kier molecular flexibility index (Phi) is 6.06. The zero-order valence-corrected chi connectivity index (χ0v) is 21.4. The van der Waals surface area contributed by atoms with Gasteiger partial charge in [0.05, 0.1) is 11.5 Å². The number of phenols is 1. The van der Waals surface area contributed by atoms with Crippen LogP contribution < -0.4 is 4.74 Å². The second kappa shape index (κ2) is 8.50. The van der Waals surface area contributed by atoms with E-state index in [1.165, 1.54) is 6.07 Å². The van der Waals surface area contributed by atoms with Crippen molar-refractivity contribution in [2.75, 3.05) is 13.2 Å². The van der Waals surface area contributed by atoms with E-state index in [9.17, 15) is 24.8 Å². The van der Waals surface area contributed by atoms with E-state index in [2.05, 4.69) is 32.6 Å². The molecular weight excluding hydrogens is 448 g/mol. The molecule has 0 amide bonds. The molecule has 0 atom stereocenters. The van der Waals surface area contributed by atoms with Crippen LogP contribution in [0.25, 0.3) is 0 Å². The number of carbonyl (C=O) groups excluding carboxylic acids is 2. The van der Waals surface area contributed by atoms with Gasteiger partial charge in [-0.2, -0.15) is 0 Å². The molecule has 1 heterocycles. The molecule has 1 aliphatic heterocycles. The molecule has 4 rings (SSSR count). The first-order valence-electron chi connectivity index (χ1n) is 12.2. The summed E-state index contributed by atoms with van der Waals surface area (Å²) in [7, 11) is 0. The van der Waals surface area contributed by atoms with E-state index in [0.717, 1.165) is 11.4 Å².